The molecule has 0 spiro atoms. The van der Waals surface area contributed by atoms with E-state index in [1.165, 1.54) is 5.56 Å². The molecule has 0 bridgehead atoms. The van der Waals surface area contributed by atoms with Gasteiger partial charge in [0.25, 0.3) is 0 Å². The number of halogens is 2. The Morgan fingerprint density at radius 1 is 1.11 bits per heavy atom. The molecule has 0 saturated carbocycles. The molecule has 5 heteroatoms. The molecule has 1 aromatic carbocycles. The monoisotopic (exact) mass is 380 g/mol. The highest BCUT2D eigenvalue weighted by Crippen LogP contribution is 2.26. The highest BCUT2D eigenvalue weighted by atomic mass is 79.9. The molecule has 0 heterocycles. The SMILES string of the molecule is COCCCOCCOc1ccc(CBr)cc1Br. The van der Waals surface area contributed by atoms with Crippen LogP contribution in [0.2, 0.25) is 0 Å². The number of rotatable bonds is 9. The topological polar surface area (TPSA) is 27.7 Å². The molecule has 0 N–H and O–H groups in total. The van der Waals surface area contributed by atoms with Gasteiger partial charge in [0, 0.05) is 25.7 Å². The van der Waals surface area contributed by atoms with E-state index >= 15 is 0 Å². The Morgan fingerprint density at radius 2 is 1.94 bits per heavy atom. The summed E-state index contributed by atoms with van der Waals surface area (Å²) < 4.78 is 16.9. The number of benzene rings is 1. The fourth-order valence-electron chi connectivity index (χ4n) is 1.36. The van der Waals surface area contributed by atoms with Crippen molar-refractivity contribution in [3.63, 3.8) is 0 Å². The van der Waals surface area contributed by atoms with Gasteiger partial charge in [-0.2, -0.15) is 0 Å². The summed E-state index contributed by atoms with van der Waals surface area (Å²) in [6, 6.07) is 6.05. The Morgan fingerprint density at radius 3 is 2.61 bits per heavy atom. The summed E-state index contributed by atoms with van der Waals surface area (Å²) in [4.78, 5) is 0. The van der Waals surface area contributed by atoms with Crippen molar-refractivity contribution >= 4 is 31.9 Å². The van der Waals surface area contributed by atoms with Crippen molar-refractivity contribution in [2.24, 2.45) is 0 Å². The van der Waals surface area contributed by atoms with Crippen LogP contribution >= 0.6 is 31.9 Å². The standard InChI is InChI=1S/C13H18Br2O3/c1-16-5-2-6-17-7-8-18-13-4-3-11(10-14)9-12(13)15/h3-4,9H,2,5-8,10H2,1H3. The van der Waals surface area contributed by atoms with Crippen molar-refractivity contribution in [1.29, 1.82) is 0 Å². The van der Waals surface area contributed by atoms with E-state index in [-0.39, 0.29) is 0 Å². The van der Waals surface area contributed by atoms with E-state index in [2.05, 4.69) is 31.9 Å². The normalized spacial score (nSPS) is 10.6. The zero-order valence-electron chi connectivity index (χ0n) is 10.5. The molecule has 0 radical (unpaired) electrons. The Hall–Kier alpha value is -0.100. The van der Waals surface area contributed by atoms with Crippen molar-refractivity contribution in [3.8, 4) is 5.75 Å². The van der Waals surface area contributed by atoms with Gasteiger partial charge in [-0.15, -0.1) is 0 Å². The van der Waals surface area contributed by atoms with Crippen LogP contribution in [0.15, 0.2) is 22.7 Å². The first-order valence-corrected chi connectivity index (χ1v) is 7.73. The summed E-state index contributed by atoms with van der Waals surface area (Å²) in [7, 11) is 1.69. The molecule has 102 valence electrons. The minimum atomic E-state index is 0.555. The lowest BCUT2D eigenvalue weighted by atomic mass is 10.2. The molecule has 0 amide bonds. The van der Waals surface area contributed by atoms with Gasteiger partial charge in [0.05, 0.1) is 11.1 Å². The van der Waals surface area contributed by atoms with E-state index in [9.17, 15) is 0 Å². The van der Waals surface area contributed by atoms with Crippen LogP contribution in [-0.2, 0) is 14.8 Å². The average molecular weight is 382 g/mol. The van der Waals surface area contributed by atoms with E-state index in [4.69, 9.17) is 14.2 Å². The molecular weight excluding hydrogens is 364 g/mol. The lowest BCUT2D eigenvalue weighted by Crippen LogP contribution is -2.08. The van der Waals surface area contributed by atoms with Crippen LogP contribution in [0.3, 0.4) is 0 Å². The molecule has 3 nitrogen and oxygen atoms in total. The molecule has 0 atom stereocenters. The van der Waals surface area contributed by atoms with Gasteiger partial charge < -0.3 is 14.2 Å². The number of methoxy groups -OCH3 is 1. The summed E-state index contributed by atoms with van der Waals surface area (Å²) >= 11 is 6.91. The highest BCUT2D eigenvalue weighted by Gasteiger charge is 2.02. The third-order valence-corrected chi connectivity index (χ3v) is 3.54. The first kappa shape index (κ1) is 16.0. The number of hydrogen-bond acceptors (Lipinski definition) is 3. The summed E-state index contributed by atoms with van der Waals surface area (Å²) in [5, 5.41) is 0.842. The molecule has 18 heavy (non-hydrogen) atoms. The van der Waals surface area contributed by atoms with Gasteiger partial charge in [0.2, 0.25) is 0 Å². The smallest absolute Gasteiger partial charge is 0.133 e. The number of alkyl halides is 1. The Kier molecular flexibility index (Phi) is 8.67. The van der Waals surface area contributed by atoms with Gasteiger partial charge in [0.15, 0.2) is 0 Å². The van der Waals surface area contributed by atoms with Crippen molar-refractivity contribution < 1.29 is 14.2 Å². The Bertz CT molecular complexity index is 345. The van der Waals surface area contributed by atoms with Gasteiger partial charge in [0.1, 0.15) is 12.4 Å². The minimum absolute atomic E-state index is 0.555. The molecule has 0 aromatic heterocycles. The predicted molar refractivity (Wildman–Crippen MR) is 79.6 cm³/mol. The fourth-order valence-corrected chi connectivity index (χ4v) is 2.25. The van der Waals surface area contributed by atoms with Gasteiger partial charge in [-0.1, -0.05) is 22.0 Å². The van der Waals surface area contributed by atoms with Gasteiger partial charge >= 0.3 is 0 Å². The van der Waals surface area contributed by atoms with E-state index in [1.807, 2.05) is 18.2 Å². The maximum atomic E-state index is 5.62. The second-order valence-corrected chi connectivity index (χ2v) is 5.12. The van der Waals surface area contributed by atoms with Gasteiger partial charge in [-0.05, 0) is 40.0 Å². The molecule has 0 aliphatic heterocycles. The lowest BCUT2D eigenvalue weighted by molar-refractivity contribution is 0.0805. The fraction of sp³-hybridized carbons (Fsp3) is 0.538. The molecule has 0 saturated heterocycles. The highest BCUT2D eigenvalue weighted by molar-refractivity contribution is 9.10. The number of ether oxygens (including phenoxy) is 3. The maximum Gasteiger partial charge on any atom is 0.133 e. The zero-order chi connectivity index (χ0) is 13.2. The molecule has 0 unspecified atom stereocenters. The first-order chi connectivity index (χ1) is 8.77. The molecule has 0 fully saturated rings. The second kappa shape index (κ2) is 9.78. The summed E-state index contributed by atoms with van der Waals surface area (Å²) in [5.41, 5.74) is 1.21. The van der Waals surface area contributed by atoms with Crippen molar-refractivity contribution in [2.45, 2.75) is 11.8 Å². The van der Waals surface area contributed by atoms with E-state index in [0.29, 0.717) is 19.8 Å². The Balaban J connectivity index is 2.19. The van der Waals surface area contributed by atoms with Crippen LogP contribution in [0.1, 0.15) is 12.0 Å². The largest absolute Gasteiger partial charge is 0.490 e. The number of hydrogen-bond donors (Lipinski definition) is 0. The maximum absolute atomic E-state index is 5.62. The molecule has 1 rings (SSSR count). The van der Waals surface area contributed by atoms with Gasteiger partial charge in [-0.25, -0.2) is 0 Å². The van der Waals surface area contributed by atoms with Crippen LogP contribution in [0.4, 0.5) is 0 Å². The van der Waals surface area contributed by atoms with Crippen molar-refractivity contribution in [1.82, 2.24) is 0 Å². The van der Waals surface area contributed by atoms with E-state index in [1.54, 1.807) is 7.11 Å². The Labute approximate surface area is 125 Å². The van der Waals surface area contributed by atoms with Crippen LogP contribution in [0.5, 0.6) is 5.75 Å². The van der Waals surface area contributed by atoms with Crippen LogP contribution < -0.4 is 4.74 Å². The molecular formula is C13H18Br2O3. The van der Waals surface area contributed by atoms with Gasteiger partial charge in [-0.3, -0.25) is 0 Å². The van der Waals surface area contributed by atoms with Crippen molar-refractivity contribution in [2.75, 3.05) is 33.5 Å². The first-order valence-electron chi connectivity index (χ1n) is 5.81. The van der Waals surface area contributed by atoms with E-state index < -0.39 is 0 Å². The average Bonchev–Trinajstić information content (AvgIpc) is 2.39. The molecule has 1 aromatic rings. The lowest BCUT2D eigenvalue weighted by Gasteiger charge is -2.09. The predicted octanol–water partition coefficient (Wildman–Crippen LogP) is 3.78. The third kappa shape index (κ3) is 6.18. The molecule has 0 aliphatic rings. The second-order valence-electron chi connectivity index (χ2n) is 3.71. The van der Waals surface area contributed by atoms with Crippen LogP contribution in [-0.4, -0.2) is 33.5 Å². The summed E-state index contributed by atoms with van der Waals surface area (Å²) in [5.74, 6) is 0.847. The van der Waals surface area contributed by atoms with E-state index in [0.717, 1.165) is 28.6 Å². The molecule has 0 aliphatic carbocycles. The minimum Gasteiger partial charge on any atom is -0.490 e. The van der Waals surface area contributed by atoms with Crippen molar-refractivity contribution in [3.05, 3.63) is 28.2 Å². The van der Waals surface area contributed by atoms with Crippen LogP contribution in [0, 0.1) is 0 Å². The summed E-state index contributed by atoms with van der Waals surface area (Å²) in [6.45, 7) is 2.59. The van der Waals surface area contributed by atoms with Crippen LogP contribution in [0.25, 0.3) is 0 Å². The zero-order valence-corrected chi connectivity index (χ0v) is 13.6. The third-order valence-electron chi connectivity index (χ3n) is 2.27. The quantitative estimate of drug-likeness (QED) is 0.481. The summed E-state index contributed by atoms with van der Waals surface area (Å²) in [6.07, 6.45) is 0.917.